The molecule has 0 fully saturated rings. The van der Waals surface area contributed by atoms with Gasteiger partial charge in [0.15, 0.2) is 0 Å². The van der Waals surface area contributed by atoms with Gasteiger partial charge in [-0.25, -0.2) is 0 Å². The first-order valence-electron chi connectivity index (χ1n) is 6.27. The van der Waals surface area contributed by atoms with Gasteiger partial charge in [-0.2, -0.15) is 0 Å². The van der Waals surface area contributed by atoms with Gasteiger partial charge in [-0.05, 0) is 57.2 Å². The monoisotopic (exact) mass is 241 g/mol. The van der Waals surface area contributed by atoms with E-state index in [4.69, 9.17) is 0 Å². The molecular weight excluding hydrogens is 222 g/mol. The number of hydrogen-bond acceptors (Lipinski definition) is 3. The van der Waals surface area contributed by atoms with Crippen molar-refractivity contribution >= 4 is 0 Å². The maximum atomic E-state index is 4.47. The second-order valence-corrected chi connectivity index (χ2v) is 4.67. The lowest BCUT2D eigenvalue weighted by molar-refractivity contribution is 0.400. The Balaban J connectivity index is 1.98. The Labute approximate surface area is 109 Å². The van der Waals surface area contributed by atoms with Crippen molar-refractivity contribution in [1.82, 2.24) is 14.9 Å². The number of aryl methyl sites for hydroxylation is 1. The second kappa shape index (κ2) is 6.26. The summed E-state index contributed by atoms with van der Waals surface area (Å²) in [6.45, 7) is 1.11. The van der Waals surface area contributed by atoms with Crippen LogP contribution in [0.15, 0.2) is 42.7 Å². The predicted molar refractivity (Wildman–Crippen MR) is 74.3 cm³/mol. The lowest BCUT2D eigenvalue weighted by atomic mass is 10.1. The van der Waals surface area contributed by atoms with Crippen molar-refractivity contribution in [1.29, 1.82) is 0 Å². The van der Waals surface area contributed by atoms with Crippen LogP contribution in [0.25, 0.3) is 11.4 Å². The summed E-state index contributed by atoms with van der Waals surface area (Å²) < 4.78 is 0. The quantitative estimate of drug-likeness (QED) is 0.806. The Morgan fingerprint density at radius 1 is 1.00 bits per heavy atom. The molecular formula is C15H19N3. The lowest BCUT2D eigenvalue weighted by Gasteiger charge is -2.08. The van der Waals surface area contributed by atoms with Crippen LogP contribution in [0.3, 0.4) is 0 Å². The fourth-order valence-corrected chi connectivity index (χ4v) is 1.84. The minimum absolute atomic E-state index is 0.928. The van der Waals surface area contributed by atoms with Gasteiger partial charge in [-0.15, -0.1) is 0 Å². The highest BCUT2D eigenvalue weighted by Gasteiger charge is 2.00. The van der Waals surface area contributed by atoms with Crippen molar-refractivity contribution in [2.75, 3.05) is 20.6 Å². The van der Waals surface area contributed by atoms with Crippen molar-refractivity contribution in [3.63, 3.8) is 0 Å². The summed E-state index contributed by atoms with van der Waals surface area (Å²) in [5, 5.41) is 0. The summed E-state index contributed by atoms with van der Waals surface area (Å²) in [4.78, 5) is 11.0. The van der Waals surface area contributed by atoms with Gasteiger partial charge >= 0.3 is 0 Å². The molecule has 0 saturated heterocycles. The Morgan fingerprint density at radius 2 is 1.83 bits per heavy atom. The molecule has 0 radical (unpaired) electrons. The van der Waals surface area contributed by atoms with Crippen LogP contribution in [0.5, 0.6) is 0 Å². The van der Waals surface area contributed by atoms with Gasteiger partial charge in [0, 0.05) is 12.4 Å². The molecule has 2 aromatic rings. The Bertz CT molecular complexity index is 463. The van der Waals surface area contributed by atoms with Gasteiger partial charge in [0.1, 0.15) is 0 Å². The zero-order valence-corrected chi connectivity index (χ0v) is 11.0. The van der Waals surface area contributed by atoms with Gasteiger partial charge in [-0.1, -0.05) is 12.1 Å². The molecule has 0 unspecified atom stereocenters. The molecule has 0 atom stereocenters. The molecule has 3 nitrogen and oxygen atoms in total. The molecule has 0 spiro atoms. The topological polar surface area (TPSA) is 29.0 Å². The third-order valence-electron chi connectivity index (χ3n) is 2.82. The first-order chi connectivity index (χ1) is 8.75. The van der Waals surface area contributed by atoms with E-state index in [1.54, 1.807) is 6.20 Å². The van der Waals surface area contributed by atoms with Crippen LogP contribution in [0.2, 0.25) is 0 Å². The van der Waals surface area contributed by atoms with Gasteiger partial charge < -0.3 is 4.90 Å². The molecule has 0 saturated carbocycles. The number of rotatable bonds is 5. The van der Waals surface area contributed by atoms with Crippen LogP contribution in [-0.4, -0.2) is 35.5 Å². The van der Waals surface area contributed by atoms with E-state index in [-0.39, 0.29) is 0 Å². The predicted octanol–water partition coefficient (Wildman–Crippen LogP) is 2.64. The van der Waals surface area contributed by atoms with Crippen LogP contribution in [0, 0.1) is 0 Å². The van der Waals surface area contributed by atoms with E-state index in [9.17, 15) is 0 Å². The number of hydrogen-bond donors (Lipinski definition) is 0. The summed E-state index contributed by atoms with van der Waals surface area (Å²) >= 11 is 0. The third kappa shape index (κ3) is 3.64. The first kappa shape index (κ1) is 12.7. The molecule has 2 heterocycles. The molecule has 0 bridgehead atoms. The minimum Gasteiger partial charge on any atom is -0.309 e. The highest BCUT2D eigenvalue weighted by atomic mass is 15.0. The molecule has 18 heavy (non-hydrogen) atoms. The van der Waals surface area contributed by atoms with Crippen LogP contribution >= 0.6 is 0 Å². The lowest BCUT2D eigenvalue weighted by Crippen LogP contribution is -2.13. The maximum Gasteiger partial charge on any atom is 0.0886 e. The van der Waals surface area contributed by atoms with Gasteiger partial charge in [-0.3, -0.25) is 9.97 Å². The Morgan fingerprint density at radius 3 is 2.44 bits per heavy atom. The largest absolute Gasteiger partial charge is 0.309 e. The normalized spacial score (nSPS) is 10.8. The summed E-state index contributed by atoms with van der Waals surface area (Å²) in [5.41, 5.74) is 3.15. The van der Waals surface area contributed by atoms with E-state index >= 15 is 0 Å². The molecule has 0 aliphatic carbocycles. The standard InChI is InChI=1S/C15H19N3/c1-18(2)11-5-6-13-8-9-15(17-12-13)14-7-3-4-10-16-14/h3-4,7-10,12H,5-6,11H2,1-2H3. The van der Waals surface area contributed by atoms with Crippen molar-refractivity contribution in [2.45, 2.75) is 12.8 Å². The Kier molecular flexibility index (Phi) is 4.42. The van der Waals surface area contributed by atoms with Crippen LogP contribution in [-0.2, 0) is 6.42 Å². The zero-order chi connectivity index (χ0) is 12.8. The average Bonchev–Trinajstić information content (AvgIpc) is 2.40. The van der Waals surface area contributed by atoms with Crippen molar-refractivity contribution in [3.05, 3.63) is 48.3 Å². The number of aromatic nitrogens is 2. The van der Waals surface area contributed by atoms with Crippen LogP contribution in [0.1, 0.15) is 12.0 Å². The Hall–Kier alpha value is -1.74. The average molecular weight is 241 g/mol. The number of pyridine rings is 2. The third-order valence-corrected chi connectivity index (χ3v) is 2.82. The maximum absolute atomic E-state index is 4.47. The SMILES string of the molecule is CN(C)CCCc1ccc(-c2ccccn2)nc1. The fraction of sp³-hybridized carbons (Fsp3) is 0.333. The van der Waals surface area contributed by atoms with E-state index in [2.05, 4.69) is 35.0 Å². The summed E-state index contributed by atoms with van der Waals surface area (Å²) in [6, 6.07) is 10.1. The molecule has 0 amide bonds. The van der Waals surface area contributed by atoms with Crippen molar-refractivity contribution in [2.24, 2.45) is 0 Å². The minimum atomic E-state index is 0.928. The molecule has 3 heteroatoms. The van der Waals surface area contributed by atoms with Crippen molar-refractivity contribution in [3.8, 4) is 11.4 Å². The molecule has 2 rings (SSSR count). The molecule has 2 aromatic heterocycles. The molecule has 94 valence electrons. The summed E-state index contributed by atoms with van der Waals surface area (Å²) in [7, 11) is 4.20. The molecule has 0 aliphatic heterocycles. The molecule has 0 N–H and O–H groups in total. The van der Waals surface area contributed by atoms with E-state index < -0.39 is 0 Å². The van der Waals surface area contributed by atoms with E-state index in [1.807, 2.05) is 30.5 Å². The van der Waals surface area contributed by atoms with Crippen molar-refractivity contribution < 1.29 is 0 Å². The highest BCUT2D eigenvalue weighted by molar-refractivity contribution is 5.53. The smallest absolute Gasteiger partial charge is 0.0886 e. The van der Waals surface area contributed by atoms with Gasteiger partial charge in [0.05, 0.1) is 11.4 Å². The zero-order valence-electron chi connectivity index (χ0n) is 11.0. The highest BCUT2D eigenvalue weighted by Crippen LogP contribution is 2.14. The summed E-state index contributed by atoms with van der Waals surface area (Å²) in [5.74, 6) is 0. The first-order valence-corrected chi connectivity index (χ1v) is 6.27. The van der Waals surface area contributed by atoms with E-state index in [0.717, 1.165) is 30.8 Å². The van der Waals surface area contributed by atoms with E-state index in [0.29, 0.717) is 0 Å². The van der Waals surface area contributed by atoms with Gasteiger partial charge in [0.2, 0.25) is 0 Å². The fourth-order valence-electron chi connectivity index (χ4n) is 1.84. The molecule has 0 aromatic carbocycles. The van der Waals surface area contributed by atoms with Crippen LogP contribution in [0.4, 0.5) is 0 Å². The summed E-state index contributed by atoms with van der Waals surface area (Å²) in [6.07, 6.45) is 5.99. The second-order valence-electron chi connectivity index (χ2n) is 4.67. The number of nitrogens with zero attached hydrogens (tertiary/aromatic N) is 3. The van der Waals surface area contributed by atoms with Gasteiger partial charge in [0.25, 0.3) is 0 Å². The molecule has 0 aliphatic rings. The van der Waals surface area contributed by atoms with E-state index in [1.165, 1.54) is 5.56 Å². The van der Waals surface area contributed by atoms with Crippen LogP contribution < -0.4 is 0 Å².